The lowest BCUT2D eigenvalue weighted by Gasteiger charge is -2.25. The molecule has 0 aromatic rings. The Morgan fingerprint density at radius 2 is 1.36 bits per heavy atom. The molecule has 4 unspecified atom stereocenters. The van der Waals surface area contributed by atoms with Crippen molar-refractivity contribution in [2.75, 3.05) is 12.0 Å². The maximum absolute atomic E-state index is 12.7. The monoisotopic (exact) mass is 491 g/mol. The molecule has 9 N–H and O–H groups in total. The predicted molar refractivity (Wildman–Crippen MR) is 120 cm³/mol. The van der Waals surface area contributed by atoms with Crippen LogP contribution in [0.3, 0.4) is 0 Å². The fraction of sp³-hybridized carbons (Fsp3) is 0.684. The number of carbonyl (C=O) groups is 6. The second-order valence-corrected chi connectivity index (χ2v) is 8.79. The summed E-state index contributed by atoms with van der Waals surface area (Å²) in [7, 11) is 0. The summed E-state index contributed by atoms with van der Waals surface area (Å²) in [6.07, 6.45) is 0.783. The Morgan fingerprint density at radius 1 is 0.848 bits per heavy atom. The van der Waals surface area contributed by atoms with Crippen molar-refractivity contribution < 1.29 is 39.0 Å². The second-order valence-electron chi connectivity index (χ2n) is 7.81. The summed E-state index contributed by atoms with van der Waals surface area (Å²) in [5.41, 5.74) is 10.8. The van der Waals surface area contributed by atoms with Gasteiger partial charge in [-0.15, -0.1) is 0 Å². The van der Waals surface area contributed by atoms with Crippen LogP contribution in [0, 0.1) is 5.92 Å². The van der Waals surface area contributed by atoms with Gasteiger partial charge in [0, 0.05) is 0 Å². The van der Waals surface area contributed by atoms with E-state index in [1.807, 2.05) is 6.26 Å². The molecule has 0 radical (unpaired) electrons. The van der Waals surface area contributed by atoms with Gasteiger partial charge in [-0.1, -0.05) is 13.8 Å². The van der Waals surface area contributed by atoms with Gasteiger partial charge in [0.05, 0.1) is 18.9 Å². The van der Waals surface area contributed by atoms with Crippen molar-refractivity contribution in [2.45, 2.75) is 63.7 Å². The van der Waals surface area contributed by atoms with Crippen LogP contribution in [0.1, 0.15) is 39.5 Å². The van der Waals surface area contributed by atoms with Gasteiger partial charge in [-0.3, -0.25) is 24.0 Å². The maximum atomic E-state index is 12.7. The van der Waals surface area contributed by atoms with Gasteiger partial charge in [0.25, 0.3) is 0 Å². The summed E-state index contributed by atoms with van der Waals surface area (Å²) >= 11 is 1.46. The number of carboxylic acid groups (broad SMARTS) is 2. The van der Waals surface area contributed by atoms with E-state index in [0.717, 1.165) is 0 Å². The van der Waals surface area contributed by atoms with E-state index in [1.54, 1.807) is 13.8 Å². The highest BCUT2D eigenvalue weighted by Crippen LogP contribution is 2.08. The fourth-order valence-electron chi connectivity index (χ4n) is 2.69. The van der Waals surface area contributed by atoms with Crippen molar-refractivity contribution in [3.05, 3.63) is 0 Å². The number of amides is 4. The minimum Gasteiger partial charge on any atom is -0.481 e. The zero-order valence-electron chi connectivity index (χ0n) is 18.8. The van der Waals surface area contributed by atoms with Crippen LogP contribution in [0.25, 0.3) is 0 Å². The Bertz CT molecular complexity index is 733. The predicted octanol–water partition coefficient (Wildman–Crippen LogP) is -2.00. The van der Waals surface area contributed by atoms with E-state index in [9.17, 15) is 33.9 Å². The van der Waals surface area contributed by atoms with Crippen molar-refractivity contribution in [2.24, 2.45) is 17.4 Å². The van der Waals surface area contributed by atoms with E-state index in [4.69, 9.17) is 16.6 Å². The van der Waals surface area contributed by atoms with Crippen LogP contribution >= 0.6 is 11.8 Å². The van der Waals surface area contributed by atoms with Gasteiger partial charge in [0.15, 0.2) is 0 Å². The van der Waals surface area contributed by atoms with Crippen molar-refractivity contribution in [1.29, 1.82) is 0 Å². The molecule has 13 nitrogen and oxygen atoms in total. The SMILES string of the molecule is CSCCC(N)C(=O)NC(CC(=O)O)C(=O)NC(CC(C)C)C(=O)NC(CC(N)=O)C(=O)O. The van der Waals surface area contributed by atoms with Crippen molar-refractivity contribution in [3.8, 4) is 0 Å². The number of hydrogen-bond donors (Lipinski definition) is 7. The number of aliphatic carboxylic acids is 2. The zero-order valence-corrected chi connectivity index (χ0v) is 19.6. The molecule has 0 aromatic heterocycles. The number of carbonyl (C=O) groups excluding carboxylic acids is 4. The number of nitrogens with one attached hydrogen (secondary N) is 3. The quantitative estimate of drug-likeness (QED) is 0.125. The number of primary amides is 1. The summed E-state index contributed by atoms with van der Waals surface area (Å²) in [6.45, 7) is 3.48. The van der Waals surface area contributed by atoms with Gasteiger partial charge < -0.3 is 37.6 Å². The van der Waals surface area contributed by atoms with E-state index in [1.165, 1.54) is 11.8 Å². The number of hydrogen-bond acceptors (Lipinski definition) is 8. The standard InChI is InChI=1S/C19H33N5O8S/c1-9(2)6-11(17(29)24-13(19(31)32)7-14(21)25)23-18(30)12(8-15(26)27)22-16(28)10(20)4-5-33-3/h9-13H,4-8,20H2,1-3H3,(H2,21,25)(H,22,28)(H,23,30)(H,24,29)(H,26,27)(H,31,32). The lowest BCUT2D eigenvalue weighted by atomic mass is 10.0. The molecule has 188 valence electrons. The molecule has 0 bridgehead atoms. The Labute approximate surface area is 195 Å². The zero-order chi connectivity index (χ0) is 25.7. The smallest absolute Gasteiger partial charge is 0.326 e. The third kappa shape index (κ3) is 12.7. The molecule has 0 aliphatic heterocycles. The van der Waals surface area contributed by atoms with Crippen LogP contribution in [-0.2, 0) is 28.8 Å². The van der Waals surface area contributed by atoms with Crippen LogP contribution in [0.5, 0.6) is 0 Å². The van der Waals surface area contributed by atoms with Gasteiger partial charge in [-0.25, -0.2) is 4.79 Å². The highest BCUT2D eigenvalue weighted by atomic mass is 32.2. The molecule has 0 rings (SSSR count). The molecule has 0 spiro atoms. The summed E-state index contributed by atoms with van der Waals surface area (Å²) in [4.78, 5) is 71.2. The molecule has 14 heteroatoms. The lowest BCUT2D eigenvalue weighted by Crippen LogP contribution is -2.58. The molecular formula is C19H33N5O8S. The summed E-state index contributed by atoms with van der Waals surface area (Å²) < 4.78 is 0. The third-order valence-corrected chi connectivity index (χ3v) is 4.99. The first-order valence-electron chi connectivity index (χ1n) is 10.2. The summed E-state index contributed by atoms with van der Waals surface area (Å²) in [5.74, 6) is -5.94. The van der Waals surface area contributed by atoms with Gasteiger partial charge in [-0.2, -0.15) is 11.8 Å². The van der Waals surface area contributed by atoms with E-state index < -0.39 is 72.6 Å². The molecule has 0 aromatic carbocycles. The van der Waals surface area contributed by atoms with Crippen LogP contribution < -0.4 is 27.4 Å². The number of carboxylic acids is 2. The lowest BCUT2D eigenvalue weighted by molar-refractivity contribution is -0.144. The largest absolute Gasteiger partial charge is 0.481 e. The highest BCUT2D eigenvalue weighted by molar-refractivity contribution is 7.98. The van der Waals surface area contributed by atoms with Crippen molar-refractivity contribution in [3.63, 3.8) is 0 Å². The molecular weight excluding hydrogens is 458 g/mol. The average Bonchev–Trinajstić information content (AvgIpc) is 2.68. The highest BCUT2D eigenvalue weighted by Gasteiger charge is 2.32. The minimum atomic E-state index is -1.61. The van der Waals surface area contributed by atoms with Crippen LogP contribution in [0.2, 0.25) is 0 Å². The Balaban J connectivity index is 5.50. The molecule has 0 saturated carbocycles. The van der Waals surface area contributed by atoms with Gasteiger partial charge in [0.2, 0.25) is 23.6 Å². The van der Waals surface area contributed by atoms with Crippen LogP contribution in [0.4, 0.5) is 0 Å². The maximum Gasteiger partial charge on any atom is 0.326 e. The normalized spacial score (nSPS) is 14.5. The van der Waals surface area contributed by atoms with E-state index in [-0.39, 0.29) is 12.3 Å². The van der Waals surface area contributed by atoms with Gasteiger partial charge in [-0.05, 0) is 30.8 Å². The first-order chi connectivity index (χ1) is 15.3. The third-order valence-electron chi connectivity index (χ3n) is 4.34. The Morgan fingerprint density at radius 3 is 1.82 bits per heavy atom. The number of nitrogens with two attached hydrogens (primary N) is 2. The van der Waals surface area contributed by atoms with Crippen LogP contribution in [0.15, 0.2) is 0 Å². The minimum absolute atomic E-state index is 0.0709. The average molecular weight is 492 g/mol. The molecule has 0 fully saturated rings. The summed E-state index contributed by atoms with van der Waals surface area (Å²) in [6, 6.07) is -5.34. The molecule has 0 saturated heterocycles. The van der Waals surface area contributed by atoms with Crippen LogP contribution in [-0.4, -0.2) is 82.0 Å². The molecule has 0 aliphatic rings. The summed E-state index contributed by atoms with van der Waals surface area (Å²) in [5, 5.41) is 25.1. The Hall–Kier alpha value is -2.87. The van der Waals surface area contributed by atoms with E-state index in [0.29, 0.717) is 12.2 Å². The van der Waals surface area contributed by atoms with Crippen molar-refractivity contribution in [1.82, 2.24) is 16.0 Å². The molecule has 4 amide bonds. The molecule has 4 atom stereocenters. The van der Waals surface area contributed by atoms with Gasteiger partial charge >= 0.3 is 11.9 Å². The molecule has 0 heterocycles. The van der Waals surface area contributed by atoms with Gasteiger partial charge in [0.1, 0.15) is 18.1 Å². The molecule has 0 aliphatic carbocycles. The Kier molecular flexibility index (Phi) is 13.7. The first kappa shape index (κ1) is 30.1. The topological polar surface area (TPSA) is 231 Å². The fourth-order valence-corrected chi connectivity index (χ4v) is 3.18. The van der Waals surface area contributed by atoms with Crippen molar-refractivity contribution >= 4 is 47.3 Å². The second kappa shape index (κ2) is 15.1. The first-order valence-corrected chi connectivity index (χ1v) is 11.6. The van der Waals surface area contributed by atoms with E-state index in [2.05, 4.69) is 16.0 Å². The number of rotatable bonds is 16. The number of thioether (sulfide) groups is 1. The van der Waals surface area contributed by atoms with E-state index >= 15 is 0 Å². The molecule has 33 heavy (non-hydrogen) atoms.